The molecule has 3 atom stereocenters. The van der Waals surface area contributed by atoms with Crippen molar-refractivity contribution in [3.63, 3.8) is 0 Å². The van der Waals surface area contributed by atoms with Crippen LogP contribution in [0.15, 0.2) is 24.3 Å². The van der Waals surface area contributed by atoms with Gasteiger partial charge in [0.05, 0.1) is 6.10 Å². The van der Waals surface area contributed by atoms with E-state index in [9.17, 15) is 4.79 Å². The molecule has 4 nitrogen and oxygen atoms in total. The van der Waals surface area contributed by atoms with Crippen molar-refractivity contribution in [2.75, 3.05) is 18.9 Å². The molecule has 0 aliphatic heterocycles. The maximum atomic E-state index is 12.3. The van der Waals surface area contributed by atoms with E-state index in [1.54, 1.807) is 0 Å². The maximum Gasteiger partial charge on any atom is 0.223 e. The maximum absolute atomic E-state index is 12.3. The molecule has 0 bridgehead atoms. The van der Waals surface area contributed by atoms with Crippen LogP contribution < -0.4 is 11.1 Å². The largest absolute Gasteiger partial charge is 0.377 e. The summed E-state index contributed by atoms with van der Waals surface area (Å²) >= 11 is 1.86. The normalized spacial score (nSPS) is 23.4. The summed E-state index contributed by atoms with van der Waals surface area (Å²) < 4.78 is 5.78. The Balaban J connectivity index is 1.62. The summed E-state index contributed by atoms with van der Waals surface area (Å²) in [5.74, 6) is 2.12. The highest BCUT2D eigenvalue weighted by Gasteiger charge is 2.32. The first-order chi connectivity index (χ1) is 12.1. The summed E-state index contributed by atoms with van der Waals surface area (Å²) in [7, 11) is 0. The van der Waals surface area contributed by atoms with Crippen molar-refractivity contribution in [2.24, 2.45) is 11.7 Å². The molecule has 0 saturated heterocycles. The topological polar surface area (TPSA) is 64.3 Å². The van der Waals surface area contributed by atoms with Crippen LogP contribution in [0, 0.1) is 12.8 Å². The fraction of sp³-hybridized carbons (Fsp3) is 0.650. The van der Waals surface area contributed by atoms with Crippen LogP contribution in [0.5, 0.6) is 0 Å². The number of hydrogen-bond donors (Lipinski definition) is 2. The molecular weight excluding hydrogens is 332 g/mol. The number of rotatable bonds is 9. The highest BCUT2D eigenvalue weighted by atomic mass is 32.2. The number of aryl methyl sites for hydroxylation is 1. The molecule has 2 rings (SSSR count). The Morgan fingerprint density at radius 2 is 2.16 bits per heavy atom. The van der Waals surface area contributed by atoms with E-state index in [-0.39, 0.29) is 24.0 Å². The second kappa shape index (κ2) is 10.8. The van der Waals surface area contributed by atoms with Gasteiger partial charge < -0.3 is 15.8 Å². The SMILES string of the molecule is CCCO[C@@H]1CC[C@H](C(=O)NCCSCc2ccccc2C)C[C@H]1N. The van der Waals surface area contributed by atoms with Crippen LogP contribution >= 0.6 is 11.8 Å². The molecule has 1 fully saturated rings. The molecule has 5 heteroatoms. The molecule has 3 N–H and O–H groups in total. The second-order valence-electron chi connectivity index (χ2n) is 6.85. The number of thioether (sulfide) groups is 1. The van der Waals surface area contributed by atoms with Gasteiger partial charge in [-0.3, -0.25) is 4.79 Å². The van der Waals surface area contributed by atoms with Gasteiger partial charge in [0.15, 0.2) is 0 Å². The van der Waals surface area contributed by atoms with Crippen molar-refractivity contribution in [1.29, 1.82) is 0 Å². The lowest BCUT2D eigenvalue weighted by atomic mass is 9.83. The zero-order chi connectivity index (χ0) is 18.1. The second-order valence-corrected chi connectivity index (χ2v) is 7.96. The lowest BCUT2D eigenvalue weighted by Crippen LogP contribution is -2.46. The lowest BCUT2D eigenvalue weighted by molar-refractivity contribution is -0.127. The number of amides is 1. The van der Waals surface area contributed by atoms with Crippen molar-refractivity contribution < 1.29 is 9.53 Å². The molecule has 1 saturated carbocycles. The number of carbonyl (C=O) groups is 1. The Hall–Kier alpha value is -1.04. The Kier molecular flexibility index (Phi) is 8.79. The molecule has 1 aromatic carbocycles. The lowest BCUT2D eigenvalue weighted by Gasteiger charge is -2.33. The summed E-state index contributed by atoms with van der Waals surface area (Å²) in [5, 5.41) is 3.08. The van der Waals surface area contributed by atoms with Crippen LogP contribution in [0.2, 0.25) is 0 Å². The minimum absolute atomic E-state index is 0.0218. The van der Waals surface area contributed by atoms with E-state index in [0.717, 1.165) is 50.3 Å². The first-order valence-electron chi connectivity index (χ1n) is 9.39. The van der Waals surface area contributed by atoms with Crippen LogP contribution in [0.1, 0.15) is 43.7 Å². The average molecular weight is 365 g/mol. The van der Waals surface area contributed by atoms with Gasteiger partial charge in [0.25, 0.3) is 0 Å². The first kappa shape index (κ1) is 20.3. The molecule has 25 heavy (non-hydrogen) atoms. The van der Waals surface area contributed by atoms with E-state index in [2.05, 4.69) is 43.4 Å². The molecule has 0 heterocycles. The van der Waals surface area contributed by atoms with Crippen molar-refractivity contribution in [1.82, 2.24) is 5.32 Å². The fourth-order valence-electron chi connectivity index (χ4n) is 3.24. The predicted octanol–water partition coefficient (Wildman–Crippen LogP) is 3.27. The minimum atomic E-state index is -0.0218. The van der Waals surface area contributed by atoms with E-state index in [0.29, 0.717) is 0 Å². The molecule has 1 aromatic rings. The zero-order valence-corrected chi connectivity index (χ0v) is 16.3. The summed E-state index contributed by atoms with van der Waals surface area (Å²) in [6.45, 7) is 5.72. The highest BCUT2D eigenvalue weighted by Crippen LogP contribution is 2.26. The number of ether oxygens (including phenoxy) is 1. The number of carbonyl (C=O) groups excluding carboxylic acids is 1. The van der Waals surface area contributed by atoms with E-state index in [1.165, 1.54) is 11.1 Å². The number of hydrogen-bond acceptors (Lipinski definition) is 4. The van der Waals surface area contributed by atoms with Gasteiger partial charge in [-0.15, -0.1) is 0 Å². The fourth-order valence-corrected chi connectivity index (χ4v) is 4.17. The number of nitrogens with one attached hydrogen (secondary N) is 1. The molecule has 0 radical (unpaired) electrons. The van der Waals surface area contributed by atoms with E-state index >= 15 is 0 Å². The summed E-state index contributed by atoms with van der Waals surface area (Å²) in [6.07, 6.45) is 3.63. The Labute approximate surface area is 156 Å². The van der Waals surface area contributed by atoms with Crippen LogP contribution in [-0.4, -0.2) is 37.0 Å². The Morgan fingerprint density at radius 1 is 1.36 bits per heavy atom. The third kappa shape index (κ3) is 6.65. The van der Waals surface area contributed by atoms with Gasteiger partial charge in [-0.05, 0) is 43.7 Å². The average Bonchev–Trinajstić information content (AvgIpc) is 2.61. The molecule has 0 spiro atoms. The van der Waals surface area contributed by atoms with Gasteiger partial charge in [0.2, 0.25) is 5.91 Å². The molecule has 1 amide bonds. The number of benzene rings is 1. The molecule has 0 aromatic heterocycles. The Bertz CT molecular complexity index is 538. The molecular formula is C20H32N2O2S. The van der Waals surface area contributed by atoms with Crippen LogP contribution in [0.4, 0.5) is 0 Å². The minimum Gasteiger partial charge on any atom is -0.377 e. The molecule has 1 aliphatic carbocycles. The van der Waals surface area contributed by atoms with Gasteiger partial charge >= 0.3 is 0 Å². The van der Waals surface area contributed by atoms with E-state index < -0.39 is 0 Å². The summed E-state index contributed by atoms with van der Waals surface area (Å²) in [5.41, 5.74) is 8.89. The molecule has 140 valence electrons. The van der Waals surface area contributed by atoms with Gasteiger partial charge in [-0.2, -0.15) is 11.8 Å². The van der Waals surface area contributed by atoms with E-state index in [4.69, 9.17) is 10.5 Å². The van der Waals surface area contributed by atoms with Crippen molar-refractivity contribution in [2.45, 2.75) is 57.4 Å². The first-order valence-corrected chi connectivity index (χ1v) is 10.5. The van der Waals surface area contributed by atoms with Crippen molar-refractivity contribution in [3.8, 4) is 0 Å². The monoisotopic (exact) mass is 364 g/mol. The summed E-state index contributed by atoms with van der Waals surface area (Å²) in [6, 6.07) is 8.43. The molecule has 1 aliphatic rings. The van der Waals surface area contributed by atoms with Crippen LogP contribution in [-0.2, 0) is 15.3 Å². The van der Waals surface area contributed by atoms with Crippen LogP contribution in [0.3, 0.4) is 0 Å². The van der Waals surface area contributed by atoms with Crippen LogP contribution in [0.25, 0.3) is 0 Å². The van der Waals surface area contributed by atoms with Gasteiger partial charge in [0.1, 0.15) is 0 Å². The molecule has 0 unspecified atom stereocenters. The standard InChI is InChI=1S/C20H32N2O2S/c1-3-11-24-19-9-8-16(13-18(19)21)20(23)22-10-12-25-14-17-7-5-4-6-15(17)2/h4-7,16,18-19H,3,8-14,21H2,1-2H3,(H,22,23)/t16-,18+,19+/m0/s1. The predicted molar refractivity (Wildman–Crippen MR) is 106 cm³/mol. The van der Waals surface area contributed by atoms with Crippen molar-refractivity contribution in [3.05, 3.63) is 35.4 Å². The number of nitrogens with two attached hydrogens (primary N) is 1. The third-order valence-corrected chi connectivity index (χ3v) is 5.81. The highest BCUT2D eigenvalue weighted by molar-refractivity contribution is 7.98. The Morgan fingerprint density at radius 3 is 2.88 bits per heavy atom. The van der Waals surface area contributed by atoms with E-state index in [1.807, 2.05) is 11.8 Å². The quantitative estimate of drug-likeness (QED) is 0.660. The van der Waals surface area contributed by atoms with Gasteiger partial charge in [0, 0.05) is 36.6 Å². The van der Waals surface area contributed by atoms with Gasteiger partial charge in [-0.25, -0.2) is 0 Å². The van der Waals surface area contributed by atoms with Gasteiger partial charge in [-0.1, -0.05) is 31.2 Å². The van der Waals surface area contributed by atoms with Crippen molar-refractivity contribution >= 4 is 17.7 Å². The smallest absolute Gasteiger partial charge is 0.223 e. The summed E-state index contributed by atoms with van der Waals surface area (Å²) in [4.78, 5) is 12.3. The third-order valence-electron chi connectivity index (χ3n) is 4.81. The zero-order valence-electron chi connectivity index (χ0n) is 15.5.